The highest BCUT2D eigenvalue weighted by Crippen LogP contribution is 2.34. The molecule has 0 spiro atoms. The molecule has 4 aromatic carbocycles. The zero-order valence-corrected chi connectivity index (χ0v) is 21.3. The summed E-state index contributed by atoms with van der Waals surface area (Å²) >= 11 is 0. The van der Waals surface area contributed by atoms with E-state index in [0.717, 1.165) is 22.3 Å². The highest BCUT2D eigenvalue weighted by atomic mass is 16.5. The Hall–Kier alpha value is -3.81. The van der Waals surface area contributed by atoms with Crippen molar-refractivity contribution in [2.75, 3.05) is 6.54 Å². The Morgan fingerprint density at radius 3 is 1.39 bits per heavy atom. The summed E-state index contributed by atoms with van der Waals surface area (Å²) in [5.41, 5.74) is 9.93. The first-order chi connectivity index (χ1) is 18.6. The van der Waals surface area contributed by atoms with Gasteiger partial charge in [0, 0.05) is 6.54 Å². The van der Waals surface area contributed by atoms with Crippen LogP contribution >= 0.6 is 0 Å². The molecule has 0 amide bonds. The van der Waals surface area contributed by atoms with Crippen molar-refractivity contribution in [1.29, 1.82) is 0 Å². The highest BCUT2D eigenvalue weighted by molar-refractivity contribution is 5.73. The number of benzene rings is 4. The van der Waals surface area contributed by atoms with Crippen molar-refractivity contribution in [3.05, 3.63) is 144 Å². The van der Waals surface area contributed by atoms with Gasteiger partial charge in [-0.1, -0.05) is 121 Å². The Labute approximate surface area is 224 Å². The number of hydrogen-bond acceptors (Lipinski definition) is 5. The molecule has 6 nitrogen and oxygen atoms in total. The smallest absolute Gasteiger partial charge is 0.320 e. The minimum Gasteiger partial charge on any atom is -0.480 e. The molecule has 3 unspecified atom stereocenters. The molecule has 38 heavy (non-hydrogen) atoms. The average Bonchev–Trinajstić information content (AvgIpc) is 2.97. The molecule has 0 saturated carbocycles. The summed E-state index contributed by atoms with van der Waals surface area (Å²) in [5.74, 6) is -1.03. The van der Waals surface area contributed by atoms with Crippen molar-refractivity contribution < 1.29 is 19.4 Å². The van der Waals surface area contributed by atoms with Crippen LogP contribution in [0.1, 0.15) is 41.1 Å². The van der Waals surface area contributed by atoms with Gasteiger partial charge in [-0.3, -0.25) is 4.79 Å². The van der Waals surface area contributed by atoms with Gasteiger partial charge in [-0.2, -0.15) is 0 Å². The second-order valence-electron chi connectivity index (χ2n) is 9.09. The van der Waals surface area contributed by atoms with Crippen molar-refractivity contribution in [3.63, 3.8) is 0 Å². The highest BCUT2D eigenvalue weighted by Gasteiger charge is 2.31. The fourth-order valence-corrected chi connectivity index (χ4v) is 4.27. The number of carbonyl (C=O) groups is 1. The summed E-state index contributed by atoms with van der Waals surface area (Å²) in [6.07, 6.45) is -0.803. The van der Waals surface area contributed by atoms with E-state index in [1.807, 2.05) is 121 Å². The number of nitrogens with two attached hydrogens (primary N) is 1. The van der Waals surface area contributed by atoms with E-state index in [1.54, 1.807) is 0 Å². The van der Waals surface area contributed by atoms with Crippen LogP contribution in [0.2, 0.25) is 0 Å². The fraction of sp³-hybridized carbons (Fsp3) is 0.219. The standard InChI is InChI=1S/C32H34N2O4/c33-29(32(35)36)21-22-34(30(27-17-9-3-10-18-27)37-23-25-13-5-1-6-14-25)31(28-19-11-4-12-20-28)38-24-26-15-7-2-8-16-26/h1-20,29-31H,21-24,33H2,(H,35,36). The van der Waals surface area contributed by atoms with Crippen LogP contribution in [-0.4, -0.2) is 28.6 Å². The topological polar surface area (TPSA) is 85.0 Å². The number of nitrogens with zero attached hydrogens (tertiary/aromatic N) is 1. The molecule has 4 aromatic rings. The summed E-state index contributed by atoms with van der Waals surface area (Å²) in [5, 5.41) is 9.50. The first-order valence-electron chi connectivity index (χ1n) is 12.8. The lowest BCUT2D eigenvalue weighted by molar-refractivity contribution is -0.171. The predicted molar refractivity (Wildman–Crippen MR) is 148 cm³/mol. The molecule has 0 bridgehead atoms. The summed E-state index contributed by atoms with van der Waals surface area (Å²) in [6.45, 7) is 1.10. The van der Waals surface area contributed by atoms with E-state index in [1.165, 1.54) is 0 Å². The minimum absolute atomic E-state index is 0.228. The molecule has 0 fully saturated rings. The number of rotatable bonds is 14. The molecule has 0 aliphatic rings. The van der Waals surface area contributed by atoms with Gasteiger partial charge in [-0.25, -0.2) is 4.90 Å². The Kier molecular flexibility index (Phi) is 10.2. The SMILES string of the molecule is NC(CCN(C(OCc1ccccc1)c1ccccc1)C(OCc1ccccc1)c1ccccc1)C(=O)O. The Morgan fingerprint density at radius 2 is 1.03 bits per heavy atom. The van der Waals surface area contributed by atoms with Crippen LogP contribution in [0.4, 0.5) is 0 Å². The van der Waals surface area contributed by atoms with Gasteiger partial charge in [0.25, 0.3) is 0 Å². The molecule has 0 heterocycles. The number of carboxylic acids is 1. The van der Waals surface area contributed by atoms with Crippen LogP contribution in [-0.2, 0) is 27.5 Å². The van der Waals surface area contributed by atoms with Crippen molar-refractivity contribution in [2.24, 2.45) is 5.73 Å². The lowest BCUT2D eigenvalue weighted by atomic mass is 10.1. The molecule has 3 N–H and O–H groups in total. The van der Waals surface area contributed by atoms with Gasteiger partial charge in [-0.05, 0) is 28.7 Å². The van der Waals surface area contributed by atoms with Gasteiger partial charge in [0.05, 0.1) is 13.2 Å². The third-order valence-electron chi connectivity index (χ3n) is 6.29. The summed E-state index contributed by atoms with van der Waals surface area (Å²) in [7, 11) is 0. The van der Waals surface area contributed by atoms with Crippen molar-refractivity contribution in [3.8, 4) is 0 Å². The molecule has 196 valence electrons. The van der Waals surface area contributed by atoms with E-state index in [-0.39, 0.29) is 6.42 Å². The quantitative estimate of drug-likeness (QED) is 0.205. The largest absolute Gasteiger partial charge is 0.480 e. The van der Waals surface area contributed by atoms with E-state index in [2.05, 4.69) is 4.90 Å². The molecular weight excluding hydrogens is 476 g/mol. The van der Waals surface area contributed by atoms with Crippen LogP contribution in [0.3, 0.4) is 0 Å². The minimum atomic E-state index is -1.03. The van der Waals surface area contributed by atoms with E-state index < -0.39 is 24.5 Å². The number of hydrogen-bond donors (Lipinski definition) is 2. The van der Waals surface area contributed by atoms with Gasteiger partial charge >= 0.3 is 5.97 Å². The van der Waals surface area contributed by atoms with E-state index >= 15 is 0 Å². The first kappa shape index (κ1) is 27.2. The molecule has 6 heteroatoms. The van der Waals surface area contributed by atoms with Crippen molar-refractivity contribution >= 4 is 5.97 Å². The number of ether oxygens (including phenoxy) is 2. The van der Waals surface area contributed by atoms with Crippen molar-refractivity contribution in [1.82, 2.24) is 4.90 Å². The molecule has 0 aliphatic heterocycles. The number of aliphatic carboxylic acids is 1. The van der Waals surface area contributed by atoms with Crippen LogP contribution in [0.25, 0.3) is 0 Å². The maximum absolute atomic E-state index is 11.6. The van der Waals surface area contributed by atoms with Crippen molar-refractivity contribution in [2.45, 2.75) is 38.1 Å². The third-order valence-corrected chi connectivity index (χ3v) is 6.29. The summed E-state index contributed by atoms with van der Waals surface area (Å²) < 4.78 is 13.2. The normalized spacial score (nSPS) is 13.6. The summed E-state index contributed by atoms with van der Waals surface area (Å²) in [4.78, 5) is 13.7. The Bertz CT molecular complexity index is 1140. The number of carboxylic acid groups (broad SMARTS) is 1. The van der Waals surface area contributed by atoms with Crippen LogP contribution in [0.15, 0.2) is 121 Å². The molecule has 0 aliphatic carbocycles. The Balaban J connectivity index is 1.71. The van der Waals surface area contributed by atoms with Crippen LogP contribution in [0.5, 0.6) is 0 Å². The zero-order chi connectivity index (χ0) is 26.6. The second-order valence-corrected chi connectivity index (χ2v) is 9.09. The van der Waals surface area contributed by atoms with E-state index in [4.69, 9.17) is 15.2 Å². The monoisotopic (exact) mass is 510 g/mol. The van der Waals surface area contributed by atoms with Gasteiger partial charge in [-0.15, -0.1) is 0 Å². The lowest BCUT2D eigenvalue weighted by Gasteiger charge is -2.38. The van der Waals surface area contributed by atoms with Crippen LogP contribution in [0, 0.1) is 0 Å². The summed E-state index contributed by atoms with van der Waals surface area (Å²) in [6, 6.07) is 38.8. The lowest BCUT2D eigenvalue weighted by Crippen LogP contribution is -2.40. The first-order valence-corrected chi connectivity index (χ1v) is 12.8. The maximum Gasteiger partial charge on any atom is 0.320 e. The van der Waals surface area contributed by atoms with E-state index in [9.17, 15) is 9.90 Å². The molecule has 0 radical (unpaired) electrons. The van der Waals surface area contributed by atoms with Gasteiger partial charge < -0.3 is 20.3 Å². The fourth-order valence-electron chi connectivity index (χ4n) is 4.27. The maximum atomic E-state index is 11.6. The predicted octanol–water partition coefficient (Wildman–Crippen LogP) is 5.92. The van der Waals surface area contributed by atoms with Gasteiger partial charge in [0.2, 0.25) is 0 Å². The third kappa shape index (κ3) is 7.84. The van der Waals surface area contributed by atoms with Crippen LogP contribution < -0.4 is 5.73 Å². The molecule has 3 atom stereocenters. The van der Waals surface area contributed by atoms with Gasteiger partial charge in [0.1, 0.15) is 18.5 Å². The average molecular weight is 511 g/mol. The second kappa shape index (κ2) is 14.2. The zero-order valence-electron chi connectivity index (χ0n) is 21.3. The molecule has 0 saturated heterocycles. The molecule has 4 rings (SSSR count). The van der Waals surface area contributed by atoms with E-state index in [0.29, 0.717) is 19.8 Å². The van der Waals surface area contributed by atoms with Gasteiger partial charge in [0.15, 0.2) is 0 Å². The molecular formula is C32H34N2O4. The Morgan fingerprint density at radius 1 is 0.658 bits per heavy atom. The molecule has 0 aromatic heterocycles.